The highest BCUT2D eigenvalue weighted by atomic mass is 32.1. The van der Waals surface area contributed by atoms with Crippen molar-refractivity contribution < 1.29 is 14.4 Å². The van der Waals surface area contributed by atoms with Gasteiger partial charge in [-0.2, -0.15) is 0 Å². The van der Waals surface area contributed by atoms with Gasteiger partial charge in [-0.1, -0.05) is 29.8 Å². The molecule has 2 aromatic rings. The van der Waals surface area contributed by atoms with E-state index >= 15 is 0 Å². The second kappa shape index (κ2) is 7.15. The summed E-state index contributed by atoms with van der Waals surface area (Å²) in [6.07, 6.45) is 0. The predicted molar refractivity (Wildman–Crippen MR) is 104 cm³/mol. The number of rotatable bonds is 5. The first-order valence-electron chi connectivity index (χ1n) is 8.70. The van der Waals surface area contributed by atoms with Crippen LogP contribution in [0.25, 0.3) is 0 Å². The number of hydrogen-bond donors (Lipinski definition) is 1. The van der Waals surface area contributed by atoms with E-state index in [2.05, 4.69) is 5.32 Å². The summed E-state index contributed by atoms with van der Waals surface area (Å²) < 4.78 is 0. The van der Waals surface area contributed by atoms with E-state index in [0.29, 0.717) is 12.1 Å². The standard InChI is InChI=1S/C20H23N3O3S/c1-13-5-7-15(8-6-13)20(3)18(25)23(19(26)21-20)12-17(24)22(4)11-16-14(2)9-10-27-16/h5-10H,11-12H2,1-4H3,(H,21,26). The fraction of sp³-hybridized carbons (Fsp3) is 0.350. The monoisotopic (exact) mass is 385 g/mol. The lowest BCUT2D eigenvalue weighted by molar-refractivity contribution is -0.138. The zero-order valence-corrected chi connectivity index (χ0v) is 16.7. The Morgan fingerprint density at radius 2 is 1.85 bits per heavy atom. The van der Waals surface area contributed by atoms with E-state index in [4.69, 9.17) is 0 Å². The van der Waals surface area contributed by atoms with Gasteiger partial charge < -0.3 is 10.2 Å². The summed E-state index contributed by atoms with van der Waals surface area (Å²) >= 11 is 1.58. The average Bonchev–Trinajstić information content (AvgIpc) is 3.12. The number of carbonyl (C=O) groups excluding carboxylic acids is 3. The second-order valence-electron chi connectivity index (χ2n) is 7.09. The summed E-state index contributed by atoms with van der Waals surface area (Å²) in [6, 6.07) is 8.89. The van der Waals surface area contributed by atoms with Gasteiger partial charge in [0.2, 0.25) is 5.91 Å². The van der Waals surface area contributed by atoms with Gasteiger partial charge >= 0.3 is 6.03 Å². The van der Waals surface area contributed by atoms with Crippen molar-refractivity contribution in [3.05, 3.63) is 57.3 Å². The lowest BCUT2D eigenvalue weighted by atomic mass is 9.91. The Morgan fingerprint density at radius 1 is 1.19 bits per heavy atom. The average molecular weight is 385 g/mol. The number of urea groups is 1. The van der Waals surface area contributed by atoms with Gasteiger partial charge in [0.25, 0.3) is 5.91 Å². The molecule has 1 N–H and O–H groups in total. The first-order chi connectivity index (χ1) is 12.7. The van der Waals surface area contributed by atoms with E-state index < -0.39 is 17.5 Å². The Kier molecular flexibility index (Phi) is 5.06. The zero-order valence-electron chi connectivity index (χ0n) is 15.9. The van der Waals surface area contributed by atoms with Gasteiger partial charge in [-0.05, 0) is 43.3 Å². The number of benzene rings is 1. The van der Waals surface area contributed by atoms with Crippen LogP contribution in [0, 0.1) is 13.8 Å². The number of aryl methyl sites for hydroxylation is 2. The van der Waals surface area contributed by atoms with Gasteiger partial charge in [0.1, 0.15) is 12.1 Å². The third kappa shape index (κ3) is 3.60. The smallest absolute Gasteiger partial charge is 0.325 e. The van der Waals surface area contributed by atoms with E-state index in [0.717, 1.165) is 20.9 Å². The molecule has 1 fully saturated rings. The summed E-state index contributed by atoms with van der Waals surface area (Å²) in [4.78, 5) is 41.5. The molecule has 1 aromatic heterocycles. The Labute approximate surface area is 162 Å². The van der Waals surface area contributed by atoms with E-state index in [1.54, 1.807) is 30.2 Å². The van der Waals surface area contributed by atoms with Crippen molar-refractivity contribution in [2.45, 2.75) is 32.9 Å². The van der Waals surface area contributed by atoms with Crippen LogP contribution < -0.4 is 5.32 Å². The predicted octanol–water partition coefficient (Wildman–Crippen LogP) is 2.79. The van der Waals surface area contributed by atoms with Crippen LogP contribution in [0.2, 0.25) is 0 Å². The molecule has 1 saturated heterocycles. The molecule has 1 aliphatic heterocycles. The molecule has 0 bridgehead atoms. The molecule has 0 aliphatic carbocycles. The largest absolute Gasteiger partial charge is 0.339 e. The quantitative estimate of drug-likeness (QED) is 0.805. The molecule has 7 heteroatoms. The number of amides is 4. The van der Waals surface area contributed by atoms with Crippen molar-refractivity contribution in [3.8, 4) is 0 Å². The number of nitrogens with one attached hydrogen (secondary N) is 1. The van der Waals surface area contributed by atoms with Crippen LogP contribution in [0.3, 0.4) is 0 Å². The molecule has 1 unspecified atom stereocenters. The summed E-state index contributed by atoms with van der Waals surface area (Å²) in [7, 11) is 1.68. The maximum atomic E-state index is 12.9. The maximum Gasteiger partial charge on any atom is 0.325 e. The Balaban J connectivity index is 1.72. The van der Waals surface area contributed by atoms with Crippen LogP contribution in [0.15, 0.2) is 35.7 Å². The molecule has 4 amide bonds. The van der Waals surface area contributed by atoms with Crippen molar-refractivity contribution in [2.75, 3.05) is 13.6 Å². The zero-order chi connectivity index (χ0) is 19.8. The number of hydrogen-bond acceptors (Lipinski definition) is 4. The second-order valence-corrected chi connectivity index (χ2v) is 8.09. The number of likely N-dealkylation sites (N-methyl/N-ethyl adjacent to an activating group) is 1. The van der Waals surface area contributed by atoms with E-state index in [1.165, 1.54) is 0 Å². The van der Waals surface area contributed by atoms with Crippen LogP contribution in [-0.2, 0) is 21.7 Å². The molecule has 1 aromatic carbocycles. The van der Waals surface area contributed by atoms with Gasteiger partial charge in [0.05, 0.1) is 6.54 Å². The van der Waals surface area contributed by atoms with Gasteiger partial charge in [-0.25, -0.2) is 4.79 Å². The van der Waals surface area contributed by atoms with Crippen LogP contribution in [0.4, 0.5) is 4.79 Å². The molecule has 1 aliphatic rings. The number of nitrogens with zero attached hydrogens (tertiary/aromatic N) is 2. The topological polar surface area (TPSA) is 69.7 Å². The van der Waals surface area contributed by atoms with Gasteiger partial charge in [0.15, 0.2) is 0 Å². The highest BCUT2D eigenvalue weighted by Gasteiger charge is 2.49. The number of thiophene rings is 1. The molecule has 142 valence electrons. The van der Waals surface area contributed by atoms with Crippen LogP contribution >= 0.6 is 11.3 Å². The molecule has 2 heterocycles. The first kappa shape index (κ1) is 19.1. The summed E-state index contributed by atoms with van der Waals surface area (Å²) in [5, 5.41) is 4.71. The third-order valence-electron chi connectivity index (χ3n) is 4.97. The Morgan fingerprint density at radius 3 is 2.44 bits per heavy atom. The van der Waals surface area contributed by atoms with Crippen LogP contribution in [-0.4, -0.2) is 41.2 Å². The molecule has 27 heavy (non-hydrogen) atoms. The first-order valence-corrected chi connectivity index (χ1v) is 9.58. The summed E-state index contributed by atoms with van der Waals surface area (Å²) in [5.74, 6) is -0.690. The van der Waals surface area contributed by atoms with Crippen molar-refractivity contribution in [1.82, 2.24) is 15.1 Å². The molecular weight excluding hydrogens is 362 g/mol. The number of imide groups is 1. The molecule has 0 spiro atoms. The van der Waals surface area contributed by atoms with E-state index in [-0.39, 0.29) is 12.5 Å². The van der Waals surface area contributed by atoms with E-state index in [1.807, 2.05) is 49.6 Å². The Bertz CT molecular complexity index is 890. The lowest BCUT2D eigenvalue weighted by Crippen LogP contribution is -2.43. The molecule has 3 rings (SSSR count). The fourth-order valence-electron chi connectivity index (χ4n) is 3.05. The highest BCUT2D eigenvalue weighted by molar-refractivity contribution is 7.10. The van der Waals surface area contributed by atoms with Crippen molar-refractivity contribution in [3.63, 3.8) is 0 Å². The van der Waals surface area contributed by atoms with Gasteiger partial charge in [-0.15, -0.1) is 11.3 Å². The molecule has 0 saturated carbocycles. The van der Waals surface area contributed by atoms with Crippen LogP contribution in [0.5, 0.6) is 0 Å². The van der Waals surface area contributed by atoms with Crippen LogP contribution in [0.1, 0.15) is 28.5 Å². The van der Waals surface area contributed by atoms with Crippen molar-refractivity contribution >= 4 is 29.2 Å². The SMILES string of the molecule is Cc1ccc(C2(C)NC(=O)N(CC(=O)N(C)Cc3sccc3C)C2=O)cc1. The minimum absolute atomic E-state index is 0.271. The van der Waals surface area contributed by atoms with Gasteiger partial charge in [0, 0.05) is 11.9 Å². The lowest BCUT2D eigenvalue weighted by Gasteiger charge is -2.23. The minimum Gasteiger partial charge on any atom is -0.339 e. The van der Waals surface area contributed by atoms with Crippen molar-refractivity contribution in [2.24, 2.45) is 0 Å². The highest BCUT2D eigenvalue weighted by Crippen LogP contribution is 2.29. The Hall–Kier alpha value is -2.67. The van der Waals surface area contributed by atoms with E-state index in [9.17, 15) is 14.4 Å². The van der Waals surface area contributed by atoms with Gasteiger partial charge in [-0.3, -0.25) is 14.5 Å². The molecular formula is C20H23N3O3S. The normalized spacial score (nSPS) is 19.3. The summed E-state index contributed by atoms with van der Waals surface area (Å²) in [5.41, 5.74) is 1.73. The molecule has 0 radical (unpaired) electrons. The number of carbonyl (C=O) groups is 3. The van der Waals surface area contributed by atoms with Crippen molar-refractivity contribution in [1.29, 1.82) is 0 Å². The maximum absolute atomic E-state index is 12.9. The molecule has 1 atom stereocenters. The summed E-state index contributed by atoms with van der Waals surface area (Å²) in [6.45, 7) is 5.81. The third-order valence-corrected chi connectivity index (χ3v) is 5.98. The fourth-order valence-corrected chi connectivity index (χ4v) is 4.01. The minimum atomic E-state index is -1.16. The molecule has 6 nitrogen and oxygen atoms in total.